The molecule has 2 aromatic heterocycles. The fraction of sp³-hybridized carbons (Fsp3) is 0. The number of rotatable bonds is 6. The van der Waals surface area contributed by atoms with Crippen LogP contribution in [-0.4, -0.2) is 15.0 Å². The predicted molar refractivity (Wildman–Crippen MR) is 260 cm³/mol. The maximum atomic E-state index is 5.30. The lowest BCUT2D eigenvalue weighted by atomic mass is 9.92. The highest BCUT2D eigenvalue weighted by atomic mass is 14.9. The molecule has 0 amide bonds. The number of hydrogen-bond acceptors (Lipinski definition) is 3. The number of fused-ring (bicyclic) bond motifs is 9. The average molecular weight is 788 g/mol. The zero-order valence-electron chi connectivity index (χ0n) is 33.7. The smallest absolute Gasteiger partial charge is 0.160 e. The van der Waals surface area contributed by atoms with Crippen LogP contribution in [-0.2, 0) is 0 Å². The van der Waals surface area contributed by atoms with Crippen LogP contribution in [0.2, 0.25) is 0 Å². The molecule has 10 aromatic carbocycles. The van der Waals surface area contributed by atoms with Crippen molar-refractivity contribution in [2.24, 2.45) is 0 Å². The van der Waals surface area contributed by atoms with Gasteiger partial charge < -0.3 is 0 Å². The third kappa shape index (κ3) is 6.18. The molecule has 0 atom stereocenters. The minimum atomic E-state index is 0.679. The summed E-state index contributed by atoms with van der Waals surface area (Å²) in [7, 11) is 0. The molecular formula is C59H37N3. The third-order valence-electron chi connectivity index (χ3n) is 12.4. The van der Waals surface area contributed by atoms with Crippen LogP contribution in [0.4, 0.5) is 0 Å². The number of benzene rings is 10. The lowest BCUT2D eigenvalue weighted by molar-refractivity contribution is 1.18. The maximum absolute atomic E-state index is 5.30. The molecule has 0 aliphatic carbocycles. The fourth-order valence-corrected chi connectivity index (χ4v) is 9.28. The van der Waals surface area contributed by atoms with Crippen molar-refractivity contribution in [3.63, 3.8) is 0 Å². The molecule has 2 heterocycles. The summed E-state index contributed by atoms with van der Waals surface area (Å²) < 4.78 is 0. The summed E-state index contributed by atoms with van der Waals surface area (Å²) in [5.74, 6) is 0.679. The van der Waals surface area contributed by atoms with Crippen molar-refractivity contribution in [1.29, 1.82) is 0 Å². The van der Waals surface area contributed by atoms with Crippen LogP contribution in [0.5, 0.6) is 0 Å². The second-order valence-electron chi connectivity index (χ2n) is 16.0. The van der Waals surface area contributed by atoms with Crippen LogP contribution < -0.4 is 0 Å². The van der Waals surface area contributed by atoms with Gasteiger partial charge in [-0.2, -0.15) is 0 Å². The van der Waals surface area contributed by atoms with Crippen LogP contribution >= 0.6 is 0 Å². The lowest BCUT2D eigenvalue weighted by Gasteiger charge is -2.14. The van der Waals surface area contributed by atoms with E-state index in [9.17, 15) is 0 Å². The molecule has 0 bridgehead atoms. The second-order valence-corrected chi connectivity index (χ2v) is 16.0. The highest BCUT2D eigenvalue weighted by molar-refractivity contribution is 6.25. The van der Waals surface area contributed by atoms with E-state index in [1.165, 1.54) is 65.0 Å². The quantitative estimate of drug-likeness (QED) is 0.158. The van der Waals surface area contributed by atoms with Crippen molar-refractivity contribution in [3.05, 3.63) is 225 Å². The van der Waals surface area contributed by atoms with Crippen molar-refractivity contribution in [2.75, 3.05) is 0 Å². The molecule has 0 unspecified atom stereocenters. The summed E-state index contributed by atoms with van der Waals surface area (Å²) in [6.07, 6.45) is 3.70. The summed E-state index contributed by atoms with van der Waals surface area (Å²) in [5.41, 5.74) is 11.6. The Labute approximate surface area is 359 Å². The van der Waals surface area contributed by atoms with Crippen LogP contribution in [0.15, 0.2) is 225 Å². The SMILES string of the molecule is c1cncc(-c2ccc(-c3cc(-c4cccc(-c5cc6ccccc6c6ccccc56)c4)nc(-c4ccc(-c5ccc6c7ccccc7c7ccccc7c6c5)cc4)n3)cc2)c1. The molecule has 3 nitrogen and oxygen atoms in total. The van der Waals surface area contributed by atoms with Crippen LogP contribution in [0.3, 0.4) is 0 Å². The van der Waals surface area contributed by atoms with E-state index in [1.807, 2.05) is 12.3 Å². The average Bonchev–Trinajstić information content (AvgIpc) is 3.36. The molecule has 0 spiro atoms. The van der Waals surface area contributed by atoms with Gasteiger partial charge in [-0.1, -0.05) is 182 Å². The Morgan fingerprint density at radius 2 is 0.758 bits per heavy atom. The van der Waals surface area contributed by atoms with Gasteiger partial charge in [0.1, 0.15) is 0 Å². The molecule has 0 saturated carbocycles. The second kappa shape index (κ2) is 14.8. The number of nitrogens with zero attached hydrogens (tertiary/aromatic N) is 3. The van der Waals surface area contributed by atoms with E-state index in [0.717, 1.165) is 50.3 Å². The molecular weight excluding hydrogens is 751 g/mol. The fourth-order valence-electron chi connectivity index (χ4n) is 9.28. The Balaban J connectivity index is 0.969. The lowest BCUT2D eigenvalue weighted by Crippen LogP contribution is -1.96. The summed E-state index contributed by atoms with van der Waals surface area (Å²) >= 11 is 0. The van der Waals surface area contributed by atoms with Gasteiger partial charge in [-0.15, -0.1) is 0 Å². The van der Waals surface area contributed by atoms with Crippen molar-refractivity contribution in [3.8, 4) is 67.3 Å². The van der Waals surface area contributed by atoms with E-state index in [4.69, 9.17) is 9.97 Å². The molecule has 62 heavy (non-hydrogen) atoms. The first-order chi connectivity index (χ1) is 30.7. The van der Waals surface area contributed by atoms with Gasteiger partial charge in [0.2, 0.25) is 0 Å². The highest BCUT2D eigenvalue weighted by Crippen LogP contribution is 2.39. The molecule has 0 aliphatic heterocycles. The van der Waals surface area contributed by atoms with Gasteiger partial charge in [0.15, 0.2) is 5.82 Å². The largest absolute Gasteiger partial charge is 0.264 e. The first kappa shape index (κ1) is 35.7. The molecule has 288 valence electrons. The normalized spacial score (nSPS) is 11.5. The molecule has 0 radical (unpaired) electrons. The van der Waals surface area contributed by atoms with Gasteiger partial charge in [-0.05, 0) is 118 Å². The topological polar surface area (TPSA) is 38.7 Å². The van der Waals surface area contributed by atoms with E-state index in [1.54, 1.807) is 6.20 Å². The molecule has 0 saturated heterocycles. The van der Waals surface area contributed by atoms with E-state index in [2.05, 4.69) is 211 Å². The Hall–Kier alpha value is -8.27. The van der Waals surface area contributed by atoms with Crippen molar-refractivity contribution < 1.29 is 0 Å². The van der Waals surface area contributed by atoms with Gasteiger partial charge in [0.25, 0.3) is 0 Å². The first-order valence-electron chi connectivity index (χ1n) is 21.1. The Kier molecular flexibility index (Phi) is 8.50. The van der Waals surface area contributed by atoms with Gasteiger partial charge in [-0.3, -0.25) is 4.98 Å². The van der Waals surface area contributed by atoms with Crippen molar-refractivity contribution in [1.82, 2.24) is 15.0 Å². The van der Waals surface area contributed by atoms with E-state index < -0.39 is 0 Å². The predicted octanol–water partition coefficient (Wildman–Crippen LogP) is 15.6. The van der Waals surface area contributed by atoms with Crippen LogP contribution in [0.1, 0.15) is 0 Å². The number of pyridine rings is 1. The summed E-state index contributed by atoms with van der Waals surface area (Å²) in [6.45, 7) is 0. The monoisotopic (exact) mass is 787 g/mol. The molecule has 12 rings (SSSR count). The summed E-state index contributed by atoms with van der Waals surface area (Å²) in [5, 5.41) is 12.6. The van der Waals surface area contributed by atoms with E-state index in [-0.39, 0.29) is 0 Å². The standard InChI is InChI=1S/C59H37N3/c1-2-15-47-44(11-1)35-55(52-20-7-3-16-48(47)52)43-12-9-13-45(33-43)58-36-57(40-26-22-39(23-27-40)46-14-10-32-60-37-46)61-59(62-58)41-28-24-38(25-29-41)42-30-31-54-51-19-5-4-17-49(51)50-18-6-8-21-53(50)56(54)34-42/h1-37H. The molecule has 0 fully saturated rings. The Morgan fingerprint density at radius 1 is 0.258 bits per heavy atom. The minimum absolute atomic E-state index is 0.679. The number of hydrogen-bond donors (Lipinski definition) is 0. The van der Waals surface area contributed by atoms with Crippen molar-refractivity contribution in [2.45, 2.75) is 0 Å². The van der Waals surface area contributed by atoms with Gasteiger partial charge >= 0.3 is 0 Å². The van der Waals surface area contributed by atoms with E-state index >= 15 is 0 Å². The highest BCUT2D eigenvalue weighted by Gasteiger charge is 2.15. The molecule has 0 N–H and O–H groups in total. The van der Waals surface area contributed by atoms with Crippen molar-refractivity contribution >= 4 is 53.9 Å². The van der Waals surface area contributed by atoms with Crippen LogP contribution in [0.25, 0.3) is 121 Å². The minimum Gasteiger partial charge on any atom is -0.264 e. The molecule has 12 aromatic rings. The Bertz CT molecular complexity index is 3630. The van der Waals surface area contributed by atoms with Gasteiger partial charge in [0, 0.05) is 29.1 Å². The Morgan fingerprint density at radius 3 is 1.44 bits per heavy atom. The van der Waals surface area contributed by atoms with Gasteiger partial charge in [-0.25, -0.2) is 9.97 Å². The zero-order chi connectivity index (χ0) is 41.0. The molecule has 3 heteroatoms. The summed E-state index contributed by atoms with van der Waals surface area (Å²) in [6, 6.07) is 76.2. The number of aromatic nitrogens is 3. The van der Waals surface area contributed by atoms with Crippen LogP contribution in [0, 0.1) is 0 Å². The first-order valence-corrected chi connectivity index (χ1v) is 21.1. The third-order valence-corrected chi connectivity index (χ3v) is 12.4. The molecule has 0 aliphatic rings. The maximum Gasteiger partial charge on any atom is 0.160 e. The van der Waals surface area contributed by atoms with Gasteiger partial charge in [0.05, 0.1) is 11.4 Å². The summed E-state index contributed by atoms with van der Waals surface area (Å²) in [4.78, 5) is 14.9. The zero-order valence-corrected chi connectivity index (χ0v) is 33.7. The van der Waals surface area contributed by atoms with E-state index in [0.29, 0.717) is 5.82 Å².